The molecule has 5 nitrogen and oxygen atoms in total. The van der Waals surface area contributed by atoms with E-state index in [-0.39, 0.29) is 11.3 Å². The first-order valence-corrected chi connectivity index (χ1v) is 7.51. The minimum atomic E-state index is -0.0327. The molecule has 3 N–H and O–H groups in total. The van der Waals surface area contributed by atoms with Gasteiger partial charge in [0.1, 0.15) is 0 Å². The Hall–Kier alpha value is -1.88. The molecule has 1 atom stereocenters. The number of amides is 1. The van der Waals surface area contributed by atoms with Gasteiger partial charge in [0.05, 0.1) is 11.7 Å². The zero-order valence-corrected chi connectivity index (χ0v) is 12.6. The van der Waals surface area contributed by atoms with E-state index in [1.165, 1.54) is 12.8 Å². The molecule has 0 spiro atoms. The Morgan fingerprint density at radius 2 is 2.33 bits per heavy atom. The molecule has 1 fully saturated rings. The van der Waals surface area contributed by atoms with Crippen molar-refractivity contribution in [2.24, 2.45) is 5.41 Å². The number of hydrogen-bond acceptors (Lipinski definition) is 3. The van der Waals surface area contributed by atoms with Gasteiger partial charge >= 0.3 is 0 Å². The molecule has 1 aromatic heterocycles. The molecule has 1 aromatic carbocycles. The Balaban J connectivity index is 1.65. The first-order valence-electron chi connectivity index (χ1n) is 7.51. The van der Waals surface area contributed by atoms with Crippen molar-refractivity contribution in [3.05, 3.63) is 30.0 Å². The second-order valence-corrected chi connectivity index (χ2v) is 6.48. The van der Waals surface area contributed by atoms with Crippen molar-refractivity contribution < 1.29 is 4.79 Å². The number of nitrogens with one attached hydrogen (secondary N) is 3. The van der Waals surface area contributed by atoms with E-state index in [1.54, 1.807) is 6.20 Å². The molecule has 1 aliphatic rings. The van der Waals surface area contributed by atoms with Gasteiger partial charge in [-0.1, -0.05) is 19.9 Å². The lowest BCUT2D eigenvalue weighted by Crippen LogP contribution is -2.52. The molecule has 0 radical (unpaired) electrons. The molecule has 1 amide bonds. The number of benzene rings is 1. The number of aromatic amines is 1. The Labute approximate surface area is 124 Å². The number of fused-ring (bicyclic) bond motifs is 1. The third-order valence-corrected chi connectivity index (χ3v) is 4.50. The topological polar surface area (TPSA) is 69.8 Å². The van der Waals surface area contributed by atoms with Gasteiger partial charge < -0.3 is 10.6 Å². The summed E-state index contributed by atoms with van der Waals surface area (Å²) in [4.78, 5) is 12.3. The van der Waals surface area contributed by atoms with E-state index >= 15 is 0 Å². The van der Waals surface area contributed by atoms with E-state index in [0.717, 1.165) is 17.4 Å². The zero-order chi connectivity index (χ0) is 14.9. The molecule has 0 saturated carbocycles. The summed E-state index contributed by atoms with van der Waals surface area (Å²) in [7, 11) is 0. The lowest BCUT2D eigenvalue weighted by Gasteiger charge is -2.39. The van der Waals surface area contributed by atoms with E-state index in [0.29, 0.717) is 18.2 Å². The highest BCUT2D eigenvalue weighted by Gasteiger charge is 2.31. The largest absolute Gasteiger partial charge is 0.350 e. The molecular weight excluding hydrogens is 264 g/mol. The first-order chi connectivity index (χ1) is 10.1. The average Bonchev–Trinajstić information content (AvgIpc) is 2.92. The fourth-order valence-corrected chi connectivity index (χ4v) is 2.99. The van der Waals surface area contributed by atoms with Crippen LogP contribution in [-0.4, -0.2) is 35.2 Å². The summed E-state index contributed by atoms with van der Waals surface area (Å²) in [6.07, 6.45) is 4.15. The van der Waals surface area contributed by atoms with Crippen molar-refractivity contribution in [2.45, 2.75) is 32.7 Å². The van der Waals surface area contributed by atoms with Gasteiger partial charge in [0.15, 0.2) is 0 Å². The molecular formula is C16H22N4O. The van der Waals surface area contributed by atoms with Gasteiger partial charge in [-0.3, -0.25) is 9.89 Å². The second kappa shape index (κ2) is 5.48. The van der Waals surface area contributed by atoms with Gasteiger partial charge in [-0.15, -0.1) is 0 Å². The number of rotatable bonds is 3. The fourth-order valence-electron chi connectivity index (χ4n) is 2.99. The smallest absolute Gasteiger partial charge is 0.251 e. The molecule has 0 aliphatic carbocycles. The Bertz CT molecular complexity index is 647. The summed E-state index contributed by atoms with van der Waals surface area (Å²) >= 11 is 0. The van der Waals surface area contributed by atoms with Crippen molar-refractivity contribution in [3.8, 4) is 0 Å². The summed E-state index contributed by atoms with van der Waals surface area (Å²) < 4.78 is 0. The van der Waals surface area contributed by atoms with Crippen LogP contribution in [0.1, 0.15) is 37.0 Å². The Morgan fingerprint density at radius 1 is 1.48 bits per heavy atom. The predicted molar refractivity (Wildman–Crippen MR) is 83.2 cm³/mol. The highest BCUT2D eigenvalue weighted by molar-refractivity contribution is 5.97. The van der Waals surface area contributed by atoms with Gasteiger partial charge in [-0.2, -0.15) is 5.10 Å². The van der Waals surface area contributed by atoms with Crippen molar-refractivity contribution in [1.29, 1.82) is 0 Å². The number of hydrogen-bond donors (Lipinski definition) is 3. The molecule has 0 bridgehead atoms. The monoisotopic (exact) mass is 286 g/mol. The number of aromatic nitrogens is 2. The van der Waals surface area contributed by atoms with Crippen molar-refractivity contribution >= 4 is 16.8 Å². The standard InChI is InChI=1S/C16H22N4O/c1-16(2)6-3-7-17-14(16)10-18-15(21)11-4-5-12-9-19-20-13(12)8-11/h4-5,8-9,14,17H,3,6-7,10H2,1-2H3,(H,18,21)(H,19,20). The number of H-pyrrole nitrogens is 1. The van der Waals surface area contributed by atoms with Crippen LogP contribution in [0.2, 0.25) is 0 Å². The number of carbonyl (C=O) groups excluding carboxylic acids is 1. The van der Waals surface area contributed by atoms with Gasteiger partial charge in [0.25, 0.3) is 5.91 Å². The Kier molecular flexibility index (Phi) is 3.68. The van der Waals surface area contributed by atoms with E-state index in [1.807, 2.05) is 18.2 Å². The maximum absolute atomic E-state index is 12.3. The lowest BCUT2D eigenvalue weighted by molar-refractivity contribution is 0.0929. The van der Waals surface area contributed by atoms with E-state index in [9.17, 15) is 4.79 Å². The fraction of sp³-hybridized carbons (Fsp3) is 0.500. The van der Waals surface area contributed by atoms with Gasteiger partial charge in [0.2, 0.25) is 0 Å². The summed E-state index contributed by atoms with van der Waals surface area (Å²) in [5.74, 6) is -0.0327. The molecule has 112 valence electrons. The lowest BCUT2D eigenvalue weighted by atomic mass is 9.77. The quantitative estimate of drug-likeness (QED) is 0.809. The molecule has 3 rings (SSSR count). The summed E-state index contributed by atoms with van der Waals surface area (Å²) in [6.45, 7) is 6.20. The van der Waals surface area contributed by atoms with Crippen LogP contribution in [0.5, 0.6) is 0 Å². The van der Waals surface area contributed by atoms with Gasteiger partial charge in [-0.05, 0) is 36.9 Å². The van der Waals surface area contributed by atoms with Gasteiger partial charge in [0, 0.05) is 23.5 Å². The third-order valence-electron chi connectivity index (χ3n) is 4.50. The van der Waals surface area contributed by atoms with Crippen molar-refractivity contribution in [2.75, 3.05) is 13.1 Å². The average molecular weight is 286 g/mol. The van der Waals surface area contributed by atoms with Crippen LogP contribution in [0.3, 0.4) is 0 Å². The van der Waals surface area contributed by atoms with Crippen molar-refractivity contribution in [1.82, 2.24) is 20.8 Å². The molecule has 21 heavy (non-hydrogen) atoms. The maximum Gasteiger partial charge on any atom is 0.251 e. The minimum Gasteiger partial charge on any atom is -0.350 e. The minimum absolute atomic E-state index is 0.0327. The maximum atomic E-state index is 12.3. The summed E-state index contributed by atoms with van der Waals surface area (Å²) in [5.41, 5.74) is 1.78. The predicted octanol–water partition coefficient (Wildman–Crippen LogP) is 2.07. The van der Waals surface area contributed by atoms with Crippen LogP contribution >= 0.6 is 0 Å². The molecule has 2 heterocycles. The Morgan fingerprint density at radius 3 is 3.14 bits per heavy atom. The number of piperidine rings is 1. The molecule has 5 heteroatoms. The highest BCUT2D eigenvalue weighted by atomic mass is 16.1. The summed E-state index contributed by atoms with van der Waals surface area (Å²) in [6, 6.07) is 5.92. The van der Waals surface area contributed by atoms with E-state index < -0.39 is 0 Å². The van der Waals surface area contributed by atoms with Crippen LogP contribution in [-0.2, 0) is 0 Å². The zero-order valence-electron chi connectivity index (χ0n) is 12.6. The first kappa shape index (κ1) is 14.1. The molecule has 1 aliphatic heterocycles. The van der Waals surface area contributed by atoms with Crippen molar-refractivity contribution in [3.63, 3.8) is 0 Å². The second-order valence-electron chi connectivity index (χ2n) is 6.48. The highest BCUT2D eigenvalue weighted by Crippen LogP contribution is 2.29. The number of nitrogens with zero attached hydrogens (tertiary/aromatic N) is 1. The van der Waals surface area contributed by atoms with Crippen LogP contribution in [0.15, 0.2) is 24.4 Å². The van der Waals surface area contributed by atoms with Crippen LogP contribution in [0, 0.1) is 5.41 Å². The third kappa shape index (κ3) is 2.93. The van der Waals surface area contributed by atoms with E-state index in [2.05, 4.69) is 34.7 Å². The number of carbonyl (C=O) groups is 1. The summed E-state index contributed by atoms with van der Waals surface area (Å²) in [5, 5.41) is 14.4. The molecule has 2 aromatic rings. The molecule has 1 unspecified atom stereocenters. The van der Waals surface area contributed by atoms with Crippen LogP contribution < -0.4 is 10.6 Å². The van der Waals surface area contributed by atoms with E-state index in [4.69, 9.17) is 0 Å². The van der Waals surface area contributed by atoms with Crippen LogP contribution in [0.25, 0.3) is 10.9 Å². The SMILES string of the molecule is CC1(C)CCCNC1CNC(=O)c1ccc2cn[nH]c2c1. The van der Waals surface area contributed by atoms with Crippen LogP contribution in [0.4, 0.5) is 0 Å². The molecule has 1 saturated heterocycles. The normalized spacial score (nSPS) is 21.3. The van der Waals surface area contributed by atoms with Gasteiger partial charge in [-0.25, -0.2) is 0 Å².